The molecule has 1 atom stereocenters. The molecule has 108 valence electrons. The number of hydrogen-bond donors (Lipinski definition) is 2. The van der Waals surface area contributed by atoms with Crippen LogP contribution in [0.4, 0.5) is 0 Å². The largest absolute Gasteiger partial charge is 0.391 e. The highest BCUT2D eigenvalue weighted by Gasteiger charge is 2.22. The molecular weight excluding hydrogens is 362 g/mol. The van der Waals surface area contributed by atoms with E-state index in [2.05, 4.69) is 20.7 Å². The number of aliphatic hydroxyl groups excluding tert-OH is 1. The van der Waals surface area contributed by atoms with Crippen LogP contribution >= 0.6 is 27.3 Å². The number of halogens is 1. The highest BCUT2D eigenvalue weighted by molar-refractivity contribution is 9.10. The molecule has 7 heteroatoms. The van der Waals surface area contributed by atoms with Crippen molar-refractivity contribution in [3.05, 3.63) is 50.6 Å². The SMILES string of the molecule is CC(NS(=O)(=O)c1ccsc1CO)c1ccc(Br)cc1. The van der Waals surface area contributed by atoms with Crippen molar-refractivity contribution < 1.29 is 13.5 Å². The van der Waals surface area contributed by atoms with Crippen molar-refractivity contribution in [2.24, 2.45) is 0 Å². The van der Waals surface area contributed by atoms with Gasteiger partial charge in [0.2, 0.25) is 10.0 Å². The standard InChI is InChI=1S/C13H14BrNO3S2/c1-9(10-2-4-11(14)5-3-10)15-20(17,18)13-6-7-19-12(13)8-16/h2-7,9,15-16H,8H2,1H3. The van der Waals surface area contributed by atoms with Gasteiger partial charge in [-0.15, -0.1) is 11.3 Å². The number of hydrogen-bond acceptors (Lipinski definition) is 4. The van der Waals surface area contributed by atoms with E-state index in [1.165, 1.54) is 17.4 Å². The van der Waals surface area contributed by atoms with Crippen LogP contribution in [0.25, 0.3) is 0 Å². The average Bonchev–Trinajstić information content (AvgIpc) is 2.88. The van der Waals surface area contributed by atoms with Crippen LogP contribution in [0.2, 0.25) is 0 Å². The monoisotopic (exact) mass is 375 g/mol. The zero-order valence-corrected chi connectivity index (χ0v) is 13.9. The van der Waals surface area contributed by atoms with Crippen molar-refractivity contribution in [3.63, 3.8) is 0 Å². The van der Waals surface area contributed by atoms with Gasteiger partial charge in [-0.2, -0.15) is 0 Å². The van der Waals surface area contributed by atoms with Gasteiger partial charge in [0.25, 0.3) is 0 Å². The second-order valence-corrected chi connectivity index (χ2v) is 7.86. The smallest absolute Gasteiger partial charge is 0.242 e. The number of rotatable bonds is 5. The van der Waals surface area contributed by atoms with E-state index in [4.69, 9.17) is 5.11 Å². The fourth-order valence-electron chi connectivity index (χ4n) is 1.80. The molecule has 0 bridgehead atoms. The Balaban J connectivity index is 2.22. The van der Waals surface area contributed by atoms with Gasteiger partial charge in [-0.25, -0.2) is 13.1 Å². The minimum Gasteiger partial charge on any atom is -0.391 e. The van der Waals surface area contributed by atoms with Crippen molar-refractivity contribution in [1.82, 2.24) is 4.72 Å². The van der Waals surface area contributed by atoms with Gasteiger partial charge in [-0.1, -0.05) is 28.1 Å². The topological polar surface area (TPSA) is 66.4 Å². The third-order valence-electron chi connectivity index (χ3n) is 2.84. The van der Waals surface area contributed by atoms with Gasteiger partial charge in [0.1, 0.15) is 0 Å². The van der Waals surface area contributed by atoms with Crippen molar-refractivity contribution >= 4 is 37.3 Å². The highest BCUT2D eigenvalue weighted by Crippen LogP contribution is 2.24. The van der Waals surface area contributed by atoms with E-state index >= 15 is 0 Å². The summed E-state index contributed by atoms with van der Waals surface area (Å²) in [6.45, 7) is 1.51. The molecule has 0 aliphatic rings. The molecule has 0 radical (unpaired) electrons. The van der Waals surface area contributed by atoms with Crippen LogP contribution in [-0.4, -0.2) is 13.5 Å². The Morgan fingerprint density at radius 2 is 1.95 bits per heavy atom. The molecule has 0 aliphatic heterocycles. The highest BCUT2D eigenvalue weighted by atomic mass is 79.9. The molecule has 0 spiro atoms. The zero-order chi connectivity index (χ0) is 14.8. The third-order valence-corrected chi connectivity index (χ3v) is 6.03. The number of nitrogens with one attached hydrogen (secondary N) is 1. The molecule has 0 saturated heterocycles. The second kappa shape index (κ2) is 6.36. The first-order chi connectivity index (χ1) is 9.44. The molecule has 4 nitrogen and oxygen atoms in total. The van der Waals surface area contributed by atoms with Gasteiger partial charge in [0, 0.05) is 15.4 Å². The first kappa shape index (κ1) is 15.7. The van der Waals surface area contributed by atoms with Crippen LogP contribution in [0.1, 0.15) is 23.4 Å². The van der Waals surface area contributed by atoms with Crippen LogP contribution in [-0.2, 0) is 16.6 Å². The molecule has 1 aromatic carbocycles. The van der Waals surface area contributed by atoms with E-state index in [0.29, 0.717) is 4.88 Å². The molecule has 2 aromatic rings. The zero-order valence-electron chi connectivity index (χ0n) is 10.7. The summed E-state index contributed by atoms with van der Waals surface area (Å²) >= 11 is 4.57. The number of thiophene rings is 1. The summed E-state index contributed by atoms with van der Waals surface area (Å²) in [7, 11) is -3.63. The normalized spacial score (nSPS) is 13.3. The van der Waals surface area contributed by atoms with Gasteiger partial charge in [-0.3, -0.25) is 0 Å². The third kappa shape index (κ3) is 3.48. The molecule has 20 heavy (non-hydrogen) atoms. The summed E-state index contributed by atoms with van der Waals surface area (Å²) in [5.74, 6) is 0. The van der Waals surface area contributed by atoms with Gasteiger partial charge in [-0.05, 0) is 36.1 Å². The molecule has 0 saturated carbocycles. The summed E-state index contributed by atoms with van der Waals surface area (Å²) in [6, 6.07) is 8.61. The van der Waals surface area contributed by atoms with E-state index in [-0.39, 0.29) is 17.5 Å². The van der Waals surface area contributed by atoms with Crippen LogP contribution < -0.4 is 4.72 Å². The molecular formula is C13H14BrNO3S2. The van der Waals surface area contributed by atoms with E-state index in [1.54, 1.807) is 12.3 Å². The lowest BCUT2D eigenvalue weighted by molar-refractivity contribution is 0.282. The van der Waals surface area contributed by atoms with Crippen molar-refractivity contribution in [2.45, 2.75) is 24.5 Å². The molecule has 2 N–H and O–H groups in total. The van der Waals surface area contributed by atoms with Crippen LogP contribution in [0, 0.1) is 0 Å². The van der Waals surface area contributed by atoms with Gasteiger partial charge < -0.3 is 5.11 Å². The number of aliphatic hydroxyl groups is 1. The lowest BCUT2D eigenvalue weighted by Crippen LogP contribution is -2.27. The van der Waals surface area contributed by atoms with Gasteiger partial charge in [0.05, 0.1) is 11.5 Å². The molecule has 2 rings (SSSR count). The fourth-order valence-corrected chi connectivity index (χ4v) is 4.59. The summed E-state index contributed by atoms with van der Waals surface area (Å²) in [5.41, 5.74) is 0.873. The van der Waals surface area contributed by atoms with E-state index in [0.717, 1.165) is 10.0 Å². The fraction of sp³-hybridized carbons (Fsp3) is 0.231. The predicted molar refractivity (Wildman–Crippen MR) is 83.1 cm³/mol. The Bertz CT molecular complexity index is 680. The minimum atomic E-state index is -3.63. The lowest BCUT2D eigenvalue weighted by Gasteiger charge is -2.14. The molecule has 0 aliphatic carbocycles. The second-order valence-electron chi connectivity index (χ2n) is 4.26. The van der Waals surface area contributed by atoms with Gasteiger partial charge >= 0.3 is 0 Å². The molecule has 0 amide bonds. The Morgan fingerprint density at radius 1 is 1.30 bits per heavy atom. The predicted octanol–water partition coefficient (Wildman–Crippen LogP) is 3.04. The van der Waals surface area contributed by atoms with Crippen LogP contribution in [0.15, 0.2) is 45.1 Å². The summed E-state index contributed by atoms with van der Waals surface area (Å²) in [4.78, 5) is 0.592. The van der Waals surface area contributed by atoms with Crippen molar-refractivity contribution in [3.8, 4) is 0 Å². The lowest BCUT2D eigenvalue weighted by atomic mass is 10.1. The molecule has 1 aromatic heterocycles. The minimum absolute atomic E-state index is 0.147. The maximum absolute atomic E-state index is 12.3. The maximum atomic E-state index is 12.3. The van der Waals surface area contributed by atoms with E-state index in [9.17, 15) is 8.42 Å². The first-order valence-electron chi connectivity index (χ1n) is 5.89. The number of benzene rings is 1. The molecule has 1 unspecified atom stereocenters. The Labute approximate surface area is 130 Å². The Kier molecular flexibility index (Phi) is 4.98. The summed E-state index contributed by atoms with van der Waals surface area (Å²) < 4.78 is 28.2. The molecule has 0 fully saturated rings. The average molecular weight is 376 g/mol. The van der Waals surface area contributed by atoms with Crippen LogP contribution in [0.5, 0.6) is 0 Å². The quantitative estimate of drug-likeness (QED) is 0.843. The van der Waals surface area contributed by atoms with Crippen molar-refractivity contribution in [2.75, 3.05) is 0 Å². The summed E-state index contributed by atoms with van der Waals surface area (Å²) in [6.07, 6.45) is 0. The molecule has 1 heterocycles. The maximum Gasteiger partial charge on any atom is 0.242 e. The Morgan fingerprint density at radius 3 is 2.55 bits per heavy atom. The Hall–Kier alpha value is -0.730. The van der Waals surface area contributed by atoms with Gasteiger partial charge in [0.15, 0.2) is 0 Å². The van der Waals surface area contributed by atoms with Crippen molar-refractivity contribution in [1.29, 1.82) is 0 Å². The van der Waals surface area contributed by atoms with Crippen LogP contribution in [0.3, 0.4) is 0 Å². The van der Waals surface area contributed by atoms with E-state index < -0.39 is 10.0 Å². The first-order valence-corrected chi connectivity index (χ1v) is 9.04. The number of sulfonamides is 1. The summed E-state index contributed by atoms with van der Waals surface area (Å²) in [5, 5.41) is 10.8. The van der Waals surface area contributed by atoms with E-state index in [1.807, 2.05) is 24.3 Å².